The van der Waals surface area contributed by atoms with Crippen molar-refractivity contribution in [1.29, 1.82) is 0 Å². The minimum atomic E-state index is -0.543. The van der Waals surface area contributed by atoms with Gasteiger partial charge in [-0.15, -0.1) is 0 Å². The van der Waals surface area contributed by atoms with Crippen LogP contribution in [-0.4, -0.2) is 80.9 Å². The lowest BCUT2D eigenvalue weighted by Gasteiger charge is -2.50. The van der Waals surface area contributed by atoms with E-state index in [4.69, 9.17) is 4.74 Å². The van der Waals surface area contributed by atoms with E-state index in [1.54, 1.807) is 11.2 Å². The highest BCUT2D eigenvalue weighted by atomic mass is 16.5. The molecule has 4 heterocycles. The molecule has 154 valence electrons. The number of hydrogen-bond acceptors (Lipinski definition) is 6. The van der Waals surface area contributed by atoms with Crippen molar-refractivity contribution < 1.29 is 19.1 Å². The zero-order chi connectivity index (χ0) is 20.6. The summed E-state index contributed by atoms with van der Waals surface area (Å²) in [5.41, 5.74) is 1.93. The molecule has 2 aromatic heterocycles. The number of H-pyrrole nitrogens is 2. The molecule has 2 aromatic rings. The molecule has 0 radical (unpaired) electrons. The van der Waals surface area contributed by atoms with Crippen molar-refractivity contribution in [3.63, 3.8) is 0 Å². The predicted molar refractivity (Wildman–Crippen MR) is 101 cm³/mol. The number of aromatic amines is 2. The number of fused-ring (bicyclic) bond motifs is 2. The molecule has 0 atom stereocenters. The lowest BCUT2D eigenvalue weighted by molar-refractivity contribution is -0.145. The standard InChI is InChI=1S/C19H24N6O4/c1-12(26)14-9-15(23-22-14)18(28)24-7-4-19(5-8-24)17-13(20-11-21-17)3-6-25(19)16(27)10-29-2/h9,11H,3-8,10H2,1-2H3,(H,20,21)(H,22,23). The van der Waals surface area contributed by atoms with Gasteiger partial charge < -0.3 is 19.5 Å². The highest BCUT2D eigenvalue weighted by Gasteiger charge is 2.49. The Morgan fingerprint density at radius 1 is 1.24 bits per heavy atom. The van der Waals surface area contributed by atoms with Crippen LogP contribution in [0.2, 0.25) is 0 Å². The Labute approximate surface area is 167 Å². The van der Waals surface area contributed by atoms with E-state index in [0.29, 0.717) is 38.2 Å². The Morgan fingerprint density at radius 3 is 2.66 bits per heavy atom. The SMILES string of the molecule is COCC(=O)N1CCc2[nH]cnc2C12CCN(C(=O)c1cc(C(C)=O)n[nH]1)CC2. The van der Waals surface area contributed by atoms with Gasteiger partial charge in [-0.3, -0.25) is 19.5 Å². The maximum Gasteiger partial charge on any atom is 0.271 e. The first-order valence-electron chi connectivity index (χ1n) is 9.64. The molecule has 2 aliphatic rings. The first kappa shape index (κ1) is 19.3. The van der Waals surface area contributed by atoms with Crippen LogP contribution in [0.5, 0.6) is 0 Å². The molecule has 1 saturated heterocycles. The lowest BCUT2D eigenvalue weighted by Crippen LogP contribution is -2.59. The second kappa shape index (κ2) is 7.43. The van der Waals surface area contributed by atoms with E-state index in [9.17, 15) is 14.4 Å². The molecule has 10 heteroatoms. The number of imidazole rings is 1. The first-order chi connectivity index (χ1) is 14.0. The summed E-state index contributed by atoms with van der Waals surface area (Å²) in [6, 6.07) is 1.48. The van der Waals surface area contributed by atoms with Crippen LogP contribution in [0.3, 0.4) is 0 Å². The van der Waals surface area contributed by atoms with Crippen LogP contribution in [0.15, 0.2) is 12.4 Å². The van der Waals surface area contributed by atoms with Crippen molar-refractivity contribution in [2.45, 2.75) is 31.7 Å². The fourth-order valence-electron chi connectivity index (χ4n) is 4.41. The normalized spacial score (nSPS) is 18.0. The van der Waals surface area contributed by atoms with Crippen molar-refractivity contribution in [3.8, 4) is 0 Å². The fraction of sp³-hybridized carbons (Fsp3) is 0.526. The highest BCUT2D eigenvalue weighted by molar-refractivity contribution is 5.97. The Balaban J connectivity index is 1.56. The molecule has 0 aliphatic carbocycles. The maximum absolute atomic E-state index is 12.8. The molecule has 0 aromatic carbocycles. The van der Waals surface area contributed by atoms with Crippen LogP contribution in [0, 0.1) is 0 Å². The summed E-state index contributed by atoms with van der Waals surface area (Å²) in [7, 11) is 1.51. The van der Waals surface area contributed by atoms with E-state index in [1.807, 2.05) is 4.90 Å². The minimum Gasteiger partial charge on any atom is -0.375 e. The summed E-state index contributed by atoms with van der Waals surface area (Å²) < 4.78 is 5.08. The van der Waals surface area contributed by atoms with Crippen molar-refractivity contribution in [3.05, 3.63) is 35.2 Å². The third kappa shape index (κ3) is 3.23. The Bertz CT molecular complexity index is 940. The van der Waals surface area contributed by atoms with E-state index in [0.717, 1.165) is 17.8 Å². The van der Waals surface area contributed by atoms with Gasteiger partial charge in [-0.25, -0.2) is 4.98 Å². The van der Waals surface area contributed by atoms with Gasteiger partial charge in [-0.1, -0.05) is 0 Å². The summed E-state index contributed by atoms with van der Waals surface area (Å²) in [6.07, 6.45) is 3.55. The van der Waals surface area contributed by atoms with E-state index in [-0.39, 0.29) is 29.9 Å². The molecular formula is C19H24N6O4. The zero-order valence-electron chi connectivity index (χ0n) is 16.5. The average molecular weight is 400 g/mol. The van der Waals surface area contributed by atoms with Gasteiger partial charge in [0.05, 0.1) is 17.6 Å². The van der Waals surface area contributed by atoms with Gasteiger partial charge in [-0.2, -0.15) is 5.10 Å². The number of amides is 2. The van der Waals surface area contributed by atoms with Crippen LogP contribution in [0.1, 0.15) is 52.1 Å². The number of aromatic nitrogens is 4. The van der Waals surface area contributed by atoms with Crippen LogP contribution in [0.4, 0.5) is 0 Å². The number of rotatable bonds is 4. The Hall–Kier alpha value is -3.01. The highest BCUT2D eigenvalue weighted by Crippen LogP contribution is 2.42. The smallest absolute Gasteiger partial charge is 0.271 e. The second-order valence-corrected chi connectivity index (χ2v) is 7.50. The summed E-state index contributed by atoms with van der Waals surface area (Å²) >= 11 is 0. The maximum atomic E-state index is 12.8. The van der Waals surface area contributed by atoms with Crippen LogP contribution >= 0.6 is 0 Å². The monoisotopic (exact) mass is 400 g/mol. The molecule has 0 unspecified atom stereocenters. The first-order valence-corrected chi connectivity index (χ1v) is 9.64. The van der Waals surface area contributed by atoms with E-state index >= 15 is 0 Å². The second-order valence-electron chi connectivity index (χ2n) is 7.50. The Morgan fingerprint density at radius 2 is 2.00 bits per heavy atom. The summed E-state index contributed by atoms with van der Waals surface area (Å²) in [5.74, 6) is -0.466. The number of ether oxygens (including phenoxy) is 1. The lowest BCUT2D eigenvalue weighted by atomic mass is 9.78. The fourth-order valence-corrected chi connectivity index (χ4v) is 4.41. The summed E-state index contributed by atoms with van der Waals surface area (Å²) in [4.78, 5) is 48.3. The number of hydrogen-bond donors (Lipinski definition) is 2. The van der Waals surface area contributed by atoms with Gasteiger partial charge in [0.1, 0.15) is 18.0 Å². The van der Waals surface area contributed by atoms with E-state index in [1.165, 1.54) is 20.1 Å². The number of nitrogens with zero attached hydrogens (tertiary/aromatic N) is 4. The molecule has 1 fully saturated rings. The number of methoxy groups -OCH3 is 1. The number of likely N-dealkylation sites (tertiary alicyclic amines) is 1. The van der Waals surface area contributed by atoms with Crippen LogP contribution in [0.25, 0.3) is 0 Å². The van der Waals surface area contributed by atoms with Gasteiger partial charge >= 0.3 is 0 Å². The molecule has 1 spiro atoms. The third-order valence-electron chi connectivity index (χ3n) is 5.88. The van der Waals surface area contributed by atoms with Crippen molar-refractivity contribution in [2.24, 2.45) is 0 Å². The largest absolute Gasteiger partial charge is 0.375 e. The summed E-state index contributed by atoms with van der Waals surface area (Å²) in [5, 5.41) is 6.54. The zero-order valence-corrected chi connectivity index (χ0v) is 16.5. The van der Waals surface area contributed by atoms with Gasteiger partial charge in [0.15, 0.2) is 5.78 Å². The third-order valence-corrected chi connectivity index (χ3v) is 5.88. The molecule has 2 N–H and O–H groups in total. The topological polar surface area (TPSA) is 124 Å². The summed E-state index contributed by atoms with van der Waals surface area (Å²) in [6.45, 7) is 2.96. The molecule has 4 rings (SSSR count). The van der Waals surface area contributed by atoms with Crippen molar-refractivity contribution >= 4 is 17.6 Å². The van der Waals surface area contributed by atoms with Crippen LogP contribution in [-0.2, 0) is 21.5 Å². The molecule has 10 nitrogen and oxygen atoms in total. The van der Waals surface area contributed by atoms with E-state index in [2.05, 4.69) is 20.2 Å². The van der Waals surface area contributed by atoms with Gasteiger partial charge in [0, 0.05) is 45.8 Å². The average Bonchev–Trinajstić information content (AvgIpc) is 3.39. The van der Waals surface area contributed by atoms with Crippen LogP contribution < -0.4 is 0 Å². The number of carbonyl (C=O) groups excluding carboxylic acids is 3. The van der Waals surface area contributed by atoms with Gasteiger partial charge in [0.25, 0.3) is 5.91 Å². The van der Waals surface area contributed by atoms with E-state index < -0.39 is 5.54 Å². The number of piperidine rings is 1. The molecule has 2 amide bonds. The predicted octanol–water partition coefficient (Wildman–Crippen LogP) is 0.498. The molecule has 0 bridgehead atoms. The van der Waals surface area contributed by atoms with Gasteiger partial charge in [0.2, 0.25) is 5.91 Å². The van der Waals surface area contributed by atoms with Crippen molar-refractivity contribution in [2.75, 3.05) is 33.4 Å². The van der Waals surface area contributed by atoms with Gasteiger partial charge in [-0.05, 0) is 18.9 Å². The number of ketones is 1. The minimum absolute atomic E-state index is 0.0200. The molecular weight excluding hydrogens is 376 g/mol. The molecule has 2 aliphatic heterocycles. The molecule has 0 saturated carbocycles. The molecule has 29 heavy (non-hydrogen) atoms. The Kier molecular flexibility index (Phi) is 4.95. The number of Topliss-reactive ketones (excluding diaryl/α,β-unsaturated/α-hetero) is 1. The van der Waals surface area contributed by atoms with Crippen molar-refractivity contribution in [1.82, 2.24) is 30.0 Å². The quantitative estimate of drug-likeness (QED) is 0.720. The number of nitrogens with one attached hydrogen (secondary N) is 2. The number of carbonyl (C=O) groups is 3.